The van der Waals surface area contributed by atoms with Crippen LogP contribution in [-0.2, 0) is 0 Å². The van der Waals surface area contributed by atoms with Gasteiger partial charge in [0.2, 0.25) is 0 Å². The van der Waals surface area contributed by atoms with Gasteiger partial charge in [0, 0.05) is 0 Å². The summed E-state index contributed by atoms with van der Waals surface area (Å²) in [7, 11) is 0. The Bertz CT molecular complexity index is 468. The first kappa shape index (κ1) is 12.7. The molecule has 1 heterocycles. The summed E-state index contributed by atoms with van der Waals surface area (Å²) in [5.74, 6) is 7.23. The lowest BCUT2D eigenvalue weighted by molar-refractivity contribution is 0.316. The zero-order chi connectivity index (χ0) is 12.8. The Morgan fingerprint density at radius 2 is 2.22 bits per heavy atom. The maximum atomic E-state index is 5.61. The third-order valence-corrected chi connectivity index (χ3v) is 2.66. The maximum Gasteiger partial charge on any atom is 0.126 e. The van der Waals surface area contributed by atoms with Crippen LogP contribution in [0.2, 0.25) is 0 Å². The van der Waals surface area contributed by atoms with Gasteiger partial charge in [-0.25, -0.2) is 5.43 Å². The first-order chi connectivity index (χ1) is 8.85. The van der Waals surface area contributed by atoms with Crippen LogP contribution in [0.1, 0.15) is 30.7 Å². The van der Waals surface area contributed by atoms with Crippen molar-refractivity contribution >= 4 is 0 Å². The van der Waals surface area contributed by atoms with Crippen molar-refractivity contribution in [3.63, 3.8) is 0 Å². The number of ether oxygens (including phenoxy) is 1. The van der Waals surface area contributed by atoms with E-state index in [-0.39, 0.29) is 6.04 Å². The minimum absolute atomic E-state index is 0.162. The molecule has 0 saturated carbocycles. The number of nitrogens with two attached hydrogens (primary N) is 1. The Labute approximate surface area is 107 Å². The standard InChI is InChI=1S/C14H18N2O2/c1-2-8-17-12-6-3-5-11(10-12)14(16-15)13-7-4-9-18-13/h3-7,9-10,14,16H,2,8,15H2,1H3. The summed E-state index contributed by atoms with van der Waals surface area (Å²) in [4.78, 5) is 0. The molecule has 3 N–H and O–H groups in total. The van der Waals surface area contributed by atoms with Gasteiger partial charge in [-0.05, 0) is 36.2 Å². The van der Waals surface area contributed by atoms with Crippen molar-refractivity contribution < 1.29 is 9.15 Å². The molecule has 2 aromatic rings. The van der Waals surface area contributed by atoms with Gasteiger partial charge in [-0.3, -0.25) is 5.84 Å². The highest BCUT2D eigenvalue weighted by Crippen LogP contribution is 2.24. The molecule has 0 aliphatic carbocycles. The highest BCUT2D eigenvalue weighted by Gasteiger charge is 2.15. The topological polar surface area (TPSA) is 60.4 Å². The molecule has 0 amide bonds. The average Bonchev–Trinajstić information content (AvgIpc) is 2.92. The van der Waals surface area contributed by atoms with E-state index in [0.717, 1.165) is 23.5 Å². The summed E-state index contributed by atoms with van der Waals surface area (Å²) in [6.45, 7) is 2.79. The van der Waals surface area contributed by atoms with Crippen molar-refractivity contribution in [2.75, 3.05) is 6.61 Å². The van der Waals surface area contributed by atoms with Crippen molar-refractivity contribution in [2.24, 2.45) is 5.84 Å². The highest BCUT2D eigenvalue weighted by molar-refractivity contribution is 5.34. The smallest absolute Gasteiger partial charge is 0.126 e. The van der Waals surface area contributed by atoms with Gasteiger partial charge in [-0.1, -0.05) is 19.1 Å². The summed E-state index contributed by atoms with van der Waals surface area (Å²) in [5.41, 5.74) is 3.77. The molecular weight excluding hydrogens is 228 g/mol. The van der Waals surface area contributed by atoms with Crippen molar-refractivity contribution in [1.29, 1.82) is 0 Å². The number of benzene rings is 1. The van der Waals surface area contributed by atoms with E-state index in [1.54, 1.807) is 6.26 Å². The molecule has 4 heteroatoms. The van der Waals surface area contributed by atoms with Gasteiger partial charge in [0.05, 0.1) is 12.9 Å². The fraction of sp³-hybridized carbons (Fsp3) is 0.286. The van der Waals surface area contributed by atoms with Gasteiger partial charge in [-0.15, -0.1) is 0 Å². The number of hydrazine groups is 1. The molecule has 4 nitrogen and oxygen atoms in total. The lowest BCUT2D eigenvalue weighted by Gasteiger charge is -2.15. The van der Waals surface area contributed by atoms with Crippen LogP contribution in [0.5, 0.6) is 5.75 Å². The van der Waals surface area contributed by atoms with Gasteiger partial charge in [0.15, 0.2) is 0 Å². The van der Waals surface area contributed by atoms with Crippen LogP contribution < -0.4 is 16.0 Å². The molecule has 0 saturated heterocycles. The maximum absolute atomic E-state index is 5.61. The van der Waals surface area contributed by atoms with Crippen LogP contribution in [-0.4, -0.2) is 6.61 Å². The van der Waals surface area contributed by atoms with Gasteiger partial charge in [0.25, 0.3) is 0 Å². The first-order valence-electron chi connectivity index (χ1n) is 6.07. The van der Waals surface area contributed by atoms with Crippen LogP contribution >= 0.6 is 0 Å². The minimum atomic E-state index is -0.162. The third-order valence-electron chi connectivity index (χ3n) is 2.66. The summed E-state index contributed by atoms with van der Waals surface area (Å²) >= 11 is 0. The largest absolute Gasteiger partial charge is 0.494 e. The van der Waals surface area contributed by atoms with Gasteiger partial charge in [-0.2, -0.15) is 0 Å². The Balaban J connectivity index is 2.20. The number of rotatable bonds is 6. The molecule has 2 rings (SSSR count). The molecule has 0 bridgehead atoms. The molecule has 1 aromatic heterocycles. The quantitative estimate of drug-likeness (QED) is 0.607. The summed E-state index contributed by atoms with van der Waals surface area (Å²) < 4.78 is 11.0. The molecule has 0 fully saturated rings. The molecule has 1 aromatic carbocycles. The predicted molar refractivity (Wildman–Crippen MR) is 70.1 cm³/mol. The number of furan rings is 1. The van der Waals surface area contributed by atoms with Gasteiger partial charge < -0.3 is 9.15 Å². The second-order valence-corrected chi connectivity index (χ2v) is 4.04. The summed E-state index contributed by atoms with van der Waals surface area (Å²) in [5, 5.41) is 0. The molecule has 1 atom stereocenters. The van der Waals surface area contributed by atoms with E-state index in [0.29, 0.717) is 6.61 Å². The Kier molecular flexibility index (Phi) is 4.39. The van der Waals surface area contributed by atoms with Crippen molar-refractivity contribution in [1.82, 2.24) is 5.43 Å². The van der Waals surface area contributed by atoms with Crippen LogP contribution in [0.4, 0.5) is 0 Å². The average molecular weight is 246 g/mol. The lowest BCUT2D eigenvalue weighted by Crippen LogP contribution is -2.28. The van der Waals surface area contributed by atoms with E-state index in [1.165, 1.54) is 0 Å². The number of hydrogen-bond acceptors (Lipinski definition) is 4. The number of nitrogens with one attached hydrogen (secondary N) is 1. The molecule has 96 valence electrons. The van der Waals surface area contributed by atoms with Gasteiger partial charge >= 0.3 is 0 Å². The van der Waals surface area contributed by atoms with Crippen molar-refractivity contribution in [3.05, 3.63) is 54.0 Å². The summed E-state index contributed by atoms with van der Waals surface area (Å²) in [6.07, 6.45) is 2.62. The van der Waals surface area contributed by atoms with E-state index >= 15 is 0 Å². The first-order valence-corrected chi connectivity index (χ1v) is 6.07. The van der Waals surface area contributed by atoms with E-state index in [1.807, 2.05) is 36.4 Å². The normalized spacial score (nSPS) is 12.3. The highest BCUT2D eigenvalue weighted by atomic mass is 16.5. The Hall–Kier alpha value is -1.78. The van der Waals surface area contributed by atoms with Crippen molar-refractivity contribution in [3.8, 4) is 5.75 Å². The van der Waals surface area contributed by atoms with E-state index in [4.69, 9.17) is 15.0 Å². The minimum Gasteiger partial charge on any atom is -0.494 e. The third kappa shape index (κ3) is 2.91. The Morgan fingerprint density at radius 3 is 2.89 bits per heavy atom. The molecule has 1 unspecified atom stereocenters. The van der Waals surface area contributed by atoms with Crippen molar-refractivity contribution in [2.45, 2.75) is 19.4 Å². The Morgan fingerprint density at radius 1 is 1.33 bits per heavy atom. The fourth-order valence-corrected chi connectivity index (χ4v) is 1.80. The fourth-order valence-electron chi connectivity index (χ4n) is 1.80. The van der Waals surface area contributed by atoms with Crippen LogP contribution in [0.25, 0.3) is 0 Å². The molecular formula is C14H18N2O2. The van der Waals surface area contributed by atoms with E-state index in [9.17, 15) is 0 Å². The molecule has 0 radical (unpaired) electrons. The zero-order valence-corrected chi connectivity index (χ0v) is 10.4. The van der Waals surface area contributed by atoms with Gasteiger partial charge in [0.1, 0.15) is 17.6 Å². The lowest BCUT2D eigenvalue weighted by atomic mass is 10.1. The molecule has 0 aliphatic heterocycles. The van der Waals surface area contributed by atoms with Crippen LogP contribution in [0.3, 0.4) is 0 Å². The number of hydrogen-bond donors (Lipinski definition) is 2. The predicted octanol–water partition coefficient (Wildman–Crippen LogP) is 2.62. The SMILES string of the molecule is CCCOc1cccc(C(NN)c2ccco2)c1. The monoisotopic (exact) mass is 246 g/mol. The molecule has 0 spiro atoms. The second kappa shape index (κ2) is 6.23. The molecule has 0 aliphatic rings. The second-order valence-electron chi connectivity index (χ2n) is 4.04. The van der Waals surface area contributed by atoms with E-state index in [2.05, 4.69) is 12.3 Å². The van der Waals surface area contributed by atoms with Crippen LogP contribution in [0.15, 0.2) is 47.1 Å². The molecule has 18 heavy (non-hydrogen) atoms. The summed E-state index contributed by atoms with van der Waals surface area (Å²) in [6, 6.07) is 11.4. The van der Waals surface area contributed by atoms with E-state index < -0.39 is 0 Å². The zero-order valence-electron chi connectivity index (χ0n) is 10.4. The van der Waals surface area contributed by atoms with Crippen LogP contribution in [0, 0.1) is 0 Å².